The number of unbranched alkanes of at least 4 members (excludes halogenated alkanes) is 1. The number of ketones is 1. The molecule has 1 heterocycles. The van der Waals surface area contributed by atoms with Crippen molar-refractivity contribution in [1.82, 2.24) is 4.98 Å². The van der Waals surface area contributed by atoms with Crippen LogP contribution < -0.4 is 5.73 Å². The number of rotatable bonds is 5. The second-order valence-electron chi connectivity index (χ2n) is 4.49. The van der Waals surface area contributed by atoms with E-state index in [4.69, 9.17) is 5.73 Å². The second-order valence-corrected chi connectivity index (χ2v) is 4.49. The summed E-state index contributed by atoms with van der Waals surface area (Å²) in [7, 11) is 0. The van der Waals surface area contributed by atoms with Crippen LogP contribution in [0.4, 0.5) is 0 Å². The Morgan fingerprint density at radius 1 is 1.33 bits per heavy atom. The second kappa shape index (κ2) is 5.74. The first-order valence-corrected chi connectivity index (χ1v) is 6.37. The molecular weight excluding hydrogens is 224 g/mol. The Kier molecular flexibility index (Phi) is 4.05. The number of carbonyl (C=O) groups excluding carboxylic acids is 1. The summed E-state index contributed by atoms with van der Waals surface area (Å²) in [5.74, 6) is -0.00671. The summed E-state index contributed by atoms with van der Waals surface area (Å²) in [6.45, 7) is 2.09. The fourth-order valence-corrected chi connectivity index (χ4v) is 2.06. The van der Waals surface area contributed by atoms with Crippen LogP contribution in [0, 0.1) is 0 Å². The van der Waals surface area contributed by atoms with E-state index in [1.54, 1.807) is 6.20 Å². The molecule has 2 N–H and O–H groups in total. The number of hydrogen-bond acceptors (Lipinski definition) is 3. The summed E-state index contributed by atoms with van der Waals surface area (Å²) in [6, 6.07) is 9.05. The van der Waals surface area contributed by atoms with Crippen molar-refractivity contribution in [1.29, 1.82) is 0 Å². The lowest BCUT2D eigenvalue weighted by molar-refractivity contribution is 0.0957. The summed E-state index contributed by atoms with van der Waals surface area (Å²) in [4.78, 5) is 16.6. The van der Waals surface area contributed by atoms with Gasteiger partial charge in [0, 0.05) is 17.1 Å². The van der Waals surface area contributed by atoms with Crippen molar-refractivity contribution in [3.05, 3.63) is 42.1 Å². The predicted molar refractivity (Wildman–Crippen MR) is 73.6 cm³/mol. The van der Waals surface area contributed by atoms with Crippen LogP contribution in [0.5, 0.6) is 0 Å². The lowest BCUT2D eigenvalue weighted by Gasteiger charge is -2.11. The topological polar surface area (TPSA) is 56.0 Å². The van der Waals surface area contributed by atoms with E-state index < -0.39 is 6.04 Å². The number of benzene rings is 1. The van der Waals surface area contributed by atoms with Crippen LogP contribution in [0.3, 0.4) is 0 Å². The van der Waals surface area contributed by atoms with Crippen LogP contribution in [0.2, 0.25) is 0 Å². The summed E-state index contributed by atoms with van der Waals surface area (Å²) < 4.78 is 0. The molecule has 3 heteroatoms. The van der Waals surface area contributed by atoms with Crippen molar-refractivity contribution in [2.24, 2.45) is 5.73 Å². The number of Topliss-reactive ketones (excluding diaryl/α,β-unsaturated/α-hetero) is 1. The third kappa shape index (κ3) is 2.57. The highest BCUT2D eigenvalue weighted by atomic mass is 16.1. The Morgan fingerprint density at radius 2 is 2.11 bits per heavy atom. The molecule has 0 radical (unpaired) electrons. The molecule has 0 amide bonds. The maximum atomic E-state index is 12.3. The number of carbonyl (C=O) groups is 1. The largest absolute Gasteiger partial charge is 0.321 e. The van der Waals surface area contributed by atoms with Gasteiger partial charge in [-0.1, -0.05) is 38.0 Å². The third-order valence-corrected chi connectivity index (χ3v) is 3.10. The standard InChI is InChI=1S/C15H18N2O/c1-2-3-9-13(16)15(18)12-8-4-6-11-7-5-10-17-14(11)12/h4-8,10,13H,2-3,9,16H2,1H3. The molecule has 94 valence electrons. The maximum Gasteiger partial charge on any atom is 0.181 e. The fraction of sp³-hybridized carbons (Fsp3) is 0.333. The van der Waals surface area contributed by atoms with Crippen LogP contribution >= 0.6 is 0 Å². The number of nitrogens with two attached hydrogens (primary N) is 1. The van der Waals surface area contributed by atoms with E-state index in [0.29, 0.717) is 5.56 Å². The Labute approximate surface area is 107 Å². The van der Waals surface area contributed by atoms with E-state index >= 15 is 0 Å². The van der Waals surface area contributed by atoms with Gasteiger partial charge in [0.15, 0.2) is 5.78 Å². The van der Waals surface area contributed by atoms with E-state index in [1.165, 1.54) is 0 Å². The number of nitrogens with zero attached hydrogens (tertiary/aromatic N) is 1. The lowest BCUT2D eigenvalue weighted by atomic mass is 9.98. The smallest absolute Gasteiger partial charge is 0.181 e. The Bertz CT molecular complexity index is 546. The van der Waals surface area contributed by atoms with Crippen molar-refractivity contribution >= 4 is 16.7 Å². The monoisotopic (exact) mass is 242 g/mol. The van der Waals surface area contributed by atoms with E-state index in [1.807, 2.05) is 30.3 Å². The van der Waals surface area contributed by atoms with Gasteiger partial charge in [-0.2, -0.15) is 0 Å². The molecule has 18 heavy (non-hydrogen) atoms. The van der Waals surface area contributed by atoms with Crippen LogP contribution in [-0.2, 0) is 0 Å². The normalized spacial score (nSPS) is 12.6. The molecule has 0 aliphatic carbocycles. The van der Waals surface area contributed by atoms with E-state index in [9.17, 15) is 4.79 Å². The van der Waals surface area contributed by atoms with Gasteiger partial charge in [-0.05, 0) is 18.6 Å². The minimum atomic E-state index is -0.419. The van der Waals surface area contributed by atoms with Gasteiger partial charge in [0.25, 0.3) is 0 Å². The van der Waals surface area contributed by atoms with Gasteiger partial charge in [-0.15, -0.1) is 0 Å². The molecule has 1 unspecified atom stereocenters. The van der Waals surface area contributed by atoms with E-state index in [2.05, 4.69) is 11.9 Å². The number of fused-ring (bicyclic) bond motifs is 1. The Hall–Kier alpha value is -1.74. The van der Waals surface area contributed by atoms with Gasteiger partial charge in [0.1, 0.15) is 0 Å². The molecule has 0 spiro atoms. The van der Waals surface area contributed by atoms with Gasteiger partial charge < -0.3 is 5.73 Å². The predicted octanol–water partition coefficient (Wildman–Crippen LogP) is 2.94. The van der Waals surface area contributed by atoms with Crippen molar-refractivity contribution in [3.8, 4) is 0 Å². The highest BCUT2D eigenvalue weighted by Crippen LogP contribution is 2.18. The molecular formula is C15H18N2O. The first-order chi connectivity index (χ1) is 8.74. The van der Waals surface area contributed by atoms with Gasteiger partial charge in [-0.25, -0.2) is 0 Å². The molecule has 0 saturated heterocycles. The molecule has 0 saturated carbocycles. The SMILES string of the molecule is CCCCC(N)C(=O)c1cccc2cccnc12. The maximum absolute atomic E-state index is 12.3. The molecule has 1 aromatic heterocycles. The van der Waals surface area contributed by atoms with Crippen LogP contribution in [0.15, 0.2) is 36.5 Å². The quantitative estimate of drug-likeness (QED) is 0.820. The number of para-hydroxylation sites is 1. The minimum Gasteiger partial charge on any atom is -0.321 e. The molecule has 1 aromatic carbocycles. The van der Waals surface area contributed by atoms with Crippen molar-refractivity contribution in [2.45, 2.75) is 32.2 Å². The first kappa shape index (κ1) is 12.7. The van der Waals surface area contributed by atoms with Gasteiger partial charge in [-0.3, -0.25) is 9.78 Å². The number of aromatic nitrogens is 1. The summed E-state index contributed by atoms with van der Waals surface area (Å²) in [5.41, 5.74) is 7.33. The highest BCUT2D eigenvalue weighted by Gasteiger charge is 2.17. The Morgan fingerprint density at radius 3 is 2.89 bits per heavy atom. The first-order valence-electron chi connectivity index (χ1n) is 6.37. The van der Waals surface area contributed by atoms with Crippen LogP contribution in [0.1, 0.15) is 36.5 Å². The summed E-state index contributed by atoms with van der Waals surface area (Å²) in [5, 5.41) is 0.978. The van der Waals surface area contributed by atoms with E-state index in [-0.39, 0.29) is 5.78 Å². The number of hydrogen-bond donors (Lipinski definition) is 1. The third-order valence-electron chi connectivity index (χ3n) is 3.10. The van der Waals surface area contributed by atoms with Crippen molar-refractivity contribution in [2.75, 3.05) is 0 Å². The molecule has 1 atom stereocenters. The number of pyridine rings is 1. The molecule has 2 aromatic rings. The van der Waals surface area contributed by atoms with Crippen LogP contribution in [-0.4, -0.2) is 16.8 Å². The lowest BCUT2D eigenvalue weighted by Crippen LogP contribution is -2.30. The average molecular weight is 242 g/mol. The molecule has 0 aliphatic rings. The van der Waals surface area contributed by atoms with E-state index in [0.717, 1.165) is 30.2 Å². The molecule has 2 rings (SSSR count). The van der Waals surface area contributed by atoms with Gasteiger partial charge in [0.05, 0.1) is 11.6 Å². The van der Waals surface area contributed by atoms with Crippen molar-refractivity contribution in [3.63, 3.8) is 0 Å². The zero-order chi connectivity index (χ0) is 13.0. The van der Waals surface area contributed by atoms with Gasteiger partial charge >= 0.3 is 0 Å². The van der Waals surface area contributed by atoms with Crippen LogP contribution in [0.25, 0.3) is 10.9 Å². The fourth-order valence-electron chi connectivity index (χ4n) is 2.06. The zero-order valence-electron chi connectivity index (χ0n) is 10.6. The summed E-state index contributed by atoms with van der Waals surface area (Å²) >= 11 is 0. The van der Waals surface area contributed by atoms with Gasteiger partial charge in [0.2, 0.25) is 0 Å². The minimum absolute atomic E-state index is 0.00671. The molecule has 0 fully saturated rings. The zero-order valence-corrected chi connectivity index (χ0v) is 10.6. The Balaban J connectivity index is 2.33. The molecule has 0 bridgehead atoms. The molecule has 0 aliphatic heterocycles. The average Bonchev–Trinajstić information content (AvgIpc) is 2.43. The highest BCUT2D eigenvalue weighted by molar-refractivity contribution is 6.09. The summed E-state index contributed by atoms with van der Waals surface area (Å²) in [6.07, 6.45) is 4.47. The van der Waals surface area contributed by atoms with Crippen molar-refractivity contribution < 1.29 is 4.79 Å². The molecule has 3 nitrogen and oxygen atoms in total.